The third-order valence-corrected chi connectivity index (χ3v) is 5.90. The van der Waals surface area contributed by atoms with E-state index in [4.69, 9.17) is 19.9 Å². The summed E-state index contributed by atoms with van der Waals surface area (Å²) >= 11 is 1.44. The molecule has 1 aliphatic heterocycles. The summed E-state index contributed by atoms with van der Waals surface area (Å²) in [6.45, 7) is 0. The van der Waals surface area contributed by atoms with Gasteiger partial charge in [-0.3, -0.25) is 4.57 Å². The number of hydrogen-bond acceptors (Lipinski definition) is 10. The number of methoxy groups -OCH3 is 2. The number of nitrogens with zero attached hydrogens (tertiary/aromatic N) is 4. The lowest BCUT2D eigenvalue weighted by Gasteiger charge is -2.16. The number of aliphatic hydroxyl groups excluding tert-OH is 2. The number of ether oxygens (including phenoxy) is 3. The van der Waals surface area contributed by atoms with Crippen molar-refractivity contribution in [2.24, 2.45) is 0 Å². The Hall–Kier alpha value is -2.60. The number of fused-ring (bicyclic) bond motifs is 1. The number of nitrogen functional groups attached to an aromatic ring is 1. The van der Waals surface area contributed by atoms with Crippen LogP contribution in [0, 0.1) is 0 Å². The van der Waals surface area contributed by atoms with Gasteiger partial charge in [0.1, 0.15) is 35.6 Å². The van der Waals surface area contributed by atoms with Gasteiger partial charge in [0.2, 0.25) is 0 Å². The fourth-order valence-electron chi connectivity index (χ4n) is 3.22. The van der Waals surface area contributed by atoms with Crippen molar-refractivity contribution < 1.29 is 24.4 Å². The first kappa shape index (κ1) is 19.7. The van der Waals surface area contributed by atoms with Crippen molar-refractivity contribution >= 4 is 28.7 Å². The maximum absolute atomic E-state index is 10.6. The lowest BCUT2D eigenvalue weighted by atomic mass is 10.1. The van der Waals surface area contributed by atoms with Crippen molar-refractivity contribution in [1.82, 2.24) is 19.5 Å². The molecule has 4 rings (SSSR count). The van der Waals surface area contributed by atoms with Gasteiger partial charge in [0, 0.05) is 5.75 Å². The molecular formula is C18H21N5O5S. The molecule has 29 heavy (non-hydrogen) atoms. The minimum atomic E-state index is -1.15. The van der Waals surface area contributed by atoms with Gasteiger partial charge in [0.05, 0.1) is 31.5 Å². The molecule has 0 saturated carbocycles. The summed E-state index contributed by atoms with van der Waals surface area (Å²) in [5, 5.41) is 21.1. The van der Waals surface area contributed by atoms with E-state index in [9.17, 15) is 10.2 Å². The van der Waals surface area contributed by atoms with Gasteiger partial charge in [-0.15, -0.1) is 11.8 Å². The van der Waals surface area contributed by atoms with Gasteiger partial charge in [-0.2, -0.15) is 0 Å². The van der Waals surface area contributed by atoms with Crippen LogP contribution < -0.4 is 15.2 Å². The monoisotopic (exact) mass is 419 g/mol. The molecule has 4 atom stereocenters. The van der Waals surface area contributed by atoms with E-state index in [1.807, 2.05) is 12.1 Å². The Morgan fingerprint density at radius 3 is 2.76 bits per heavy atom. The van der Waals surface area contributed by atoms with Crippen LogP contribution in [0.4, 0.5) is 5.82 Å². The Morgan fingerprint density at radius 2 is 2.00 bits per heavy atom. The molecule has 1 saturated heterocycles. The number of nitrogens with two attached hydrogens (primary N) is 1. The van der Waals surface area contributed by atoms with Gasteiger partial charge in [-0.25, -0.2) is 15.0 Å². The SMILES string of the molecule is COc1ccc(OC)c(SC[C@H]2O[C@@H](n3cnc4c(N)ncnc43)[C@H](O)[C@@H]2O)c1. The van der Waals surface area contributed by atoms with E-state index in [2.05, 4.69) is 15.0 Å². The zero-order valence-electron chi connectivity index (χ0n) is 15.8. The highest BCUT2D eigenvalue weighted by molar-refractivity contribution is 7.99. The van der Waals surface area contributed by atoms with Crippen LogP contribution in [0.2, 0.25) is 0 Å². The fraction of sp³-hybridized carbons (Fsp3) is 0.389. The Morgan fingerprint density at radius 1 is 1.17 bits per heavy atom. The second-order valence-corrected chi connectivity index (χ2v) is 7.52. The van der Waals surface area contributed by atoms with E-state index in [-0.39, 0.29) is 5.82 Å². The van der Waals surface area contributed by atoms with Crippen molar-refractivity contribution in [2.45, 2.75) is 29.4 Å². The molecule has 0 amide bonds. The Kier molecular flexibility index (Phi) is 5.46. The minimum Gasteiger partial charge on any atom is -0.497 e. The van der Waals surface area contributed by atoms with E-state index in [0.29, 0.717) is 28.4 Å². The van der Waals surface area contributed by atoms with Crippen molar-refractivity contribution in [3.8, 4) is 11.5 Å². The van der Waals surface area contributed by atoms with Crippen molar-refractivity contribution in [3.05, 3.63) is 30.9 Å². The average Bonchev–Trinajstić information content (AvgIpc) is 3.29. The van der Waals surface area contributed by atoms with Crippen molar-refractivity contribution in [2.75, 3.05) is 25.7 Å². The van der Waals surface area contributed by atoms with E-state index >= 15 is 0 Å². The first-order valence-corrected chi connectivity index (χ1v) is 9.81. The standard InChI is InChI=1S/C18H21N5O5S/c1-26-9-3-4-10(27-2)12(5-9)29-6-11-14(24)15(25)18(28-11)23-8-22-13-16(19)20-7-21-17(13)23/h3-5,7-8,11,14-15,18,24-25H,6H2,1-2H3,(H2,19,20,21)/t11-,14-,15-,18-/m1/s1. The van der Waals surface area contributed by atoms with Crippen LogP contribution in [0.15, 0.2) is 35.7 Å². The van der Waals surface area contributed by atoms with E-state index in [1.54, 1.807) is 24.9 Å². The van der Waals surface area contributed by atoms with Crippen LogP contribution in [0.5, 0.6) is 11.5 Å². The predicted octanol–water partition coefficient (Wildman–Crippen LogP) is 0.837. The number of thioether (sulfide) groups is 1. The van der Waals surface area contributed by atoms with Crippen LogP contribution in [0.3, 0.4) is 0 Å². The molecule has 11 heteroatoms. The molecular weight excluding hydrogens is 398 g/mol. The number of rotatable bonds is 6. The maximum Gasteiger partial charge on any atom is 0.167 e. The molecule has 1 aliphatic rings. The average molecular weight is 419 g/mol. The van der Waals surface area contributed by atoms with Crippen LogP contribution in [-0.2, 0) is 4.74 Å². The first-order valence-electron chi connectivity index (χ1n) is 8.83. The molecule has 1 fully saturated rings. The molecule has 2 aromatic heterocycles. The van der Waals surface area contributed by atoms with Crippen LogP contribution in [0.1, 0.15) is 6.23 Å². The zero-order chi connectivity index (χ0) is 20.5. The second kappa shape index (κ2) is 8.03. The summed E-state index contributed by atoms with van der Waals surface area (Å²) in [4.78, 5) is 13.1. The topological polar surface area (TPSA) is 138 Å². The van der Waals surface area contributed by atoms with Crippen LogP contribution in [-0.4, -0.2) is 68.0 Å². The molecule has 0 aliphatic carbocycles. The Balaban J connectivity index is 1.53. The third kappa shape index (κ3) is 3.57. The highest BCUT2D eigenvalue weighted by Crippen LogP contribution is 2.37. The van der Waals surface area contributed by atoms with Gasteiger partial charge in [-0.05, 0) is 18.2 Å². The number of imidazole rings is 1. The quantitative estimate of drug-likeness (QED) is 0.493. The fourth-order valence-corrected chi connectivity index (χ4v) is 4.33. The van der Waals surface area contributed by atoms with Gasteiger partial charge in [0.25, 0.3) is 0 Å². The van der Waals surface area contributed by atoms with Gasteiger partial charge >= 0.3 is 0 Å². The van der Waals surface area contributed by atoms with Gasteiger partial charge in [-0.1, -0.05) is 0 Å². The van der Waals surface area contributed by atoms with Gasteiger partial charge in [0.15, 0.2) is 17.7 Å². The lowest BCUT2D eigenvalue weighted by molar-refractivity contribution is -0.0289. The number of benzene rings is 1. The van der Waals surface area contributed by atoms with Crippen molar-refractivity contribution in [3.63, 3.8) is 0 Å². The molecule has 3 aromatic rings. The third-order valence-electron chi connectivity index (χ3n) is 4.77. The molecule has 1 aromatic carbocycles. The van der Waals surface area contributed by atoms with E-state index in [1.165, 1.54) is 24.4 Å². The summed E-state index contributed by atoms with van der Waals surface area (Å²) in [5.41, 5.74) is 6.66. The van der Waals surface area contributed by atoms with E-state index < -0.39 is 24.5 Å². The molecule has 0 spiro atoms. The summed E-state index contributed by atoms with van der Waals surface area (Å²) in [6.07, 6.45) is -0.913. The van der Waals surface area contributed by atoms with E-state index in [0.717, 1.165) is 4.90 Å². The zero-order valence-corrected chi connectivity index (χ0v) is 16.6. The summed E-state index contributed by atoms with van der Waals surface area (Å²) in [6, 6.07) is 5.47. The molecule has 0 bridgehead atoms. The smallest absolute Gasteiger partial charge is 0.167 e. The first-order chi connectivity index (χ1) is 14.0. The van der Waals surface area contributed by atoms with Crippen LogP contribution >= 0.6 is 11.8 Å². The molecule has 0 unspecified atom stereocenters. The summed E-state index contributed by atoms with van der Waals surface area (Å²) in [5.74, 6) is 2.01. The number of aromatic nitrogens is 4. The number of hydrogen-bond donors (Lipinski definition) is 3. The molecule has 4 N–H and O–H groups in total. The molecule has 10 nitrogen and oxygen atoms in total. The molecule has 154 valence electrons. The molecule has 3 heterocycles. The minimum absolute atomic E-state index is 0.235. The summed E-state index contributed by atoms with van der Waals surface area (Å²) in [7, 11) is 3.18. The van der Waals surface area contributed by atoms with Gasteiger partial charge < -0.3 is 30.2 Å². The molecule has 0 radical (unpaired) electrons. The highest BCUT2D eigenvalue weighted by Gasteiger charge is 2.44. The second-order valence-electron chi connectivity index (χ2n) is 6.46. The van der Waals surface area contributed by atoms with Crippen LogP contribution in [0.25, 0.3) is 11.2 Å². The largest absolute Gasteiger partial charge is 0.497 e. The predicted molar refractivity (Wildman–Crippen MR) is 106 cm³/mol. The van der Waals surface area contributed by atoms with Crippen molar-refractivity contribution in [1.29, 1.82) is 0 Å². The maximum atomic E-state index is 10.6. The lowest BCUT2D eigenvalue weighted by Crippen LogP contribution is -2.32. The Labute approximate surface area is 170 Å². The number of aliphatic hydroxyl groups is 2. The highest BCUT2D eigenvalue weighted by atomic mass is 32.2. The summed E-state index contributed by atoms with van der Waals surface area (Å²) < 4.78 is 18.2. The number of anilines is 1. The Bertz CT molecular complexity index is 1020. The normalized spacial score (nSPS) is 24.1.